The first-order chi connectivity index (χ1) is 8.98. The minimum atomic E-state index is -0.331. The van der Waals surface area contributed by atoms with Gasteiger partial charge < -0.3 is 9.67 Å². The number of benzene rings is 1. The Morgan fingerprint density at radius 1 is 1.21 bits per heavy atom. The van der Waals surface area contributed by atoms with Crippen LogP contribution in [0.25, 0.3) is 5.69 Å². The second-order valence-corrected chi connectivity index (χ2v) is 6.42. The molecule has 3 rings (SSSR count). The Morgan fingerprint density at radius 3 is 2.58 bits per heavy atom. The molecule has 0 saturated carbocycles. The average molecular weight is 255 g/mol. The second-order valence-electron chi connectivity index (χ2n) is 6.42. The van der Waals surface area contributed by atoms with Crippen molar-refractivity contribution in [2.24, 2.45) is 5.41 Å². The van der Waals surface area contributed by atoms with E-state index in [1.54, 1.807) is 0 Å². The van der Waals surface area contributed by atoms with Crippen LogP contribution in [0, 0.1) is 12.3 Å². The summed E-state index contributed by atoms with van der Waals surface area (Å²) in [5.74, 6) is 0. The van der Waals surface area contributed by atoms with E-state index in [1.165, 1.54) is 17.1 Å². The van der Waals surface area contributed by atoms with Gasteiger partial charge in [0.2, 0.25) is 0 Å². The lowest BCUT2D eigenvalue weighted by atomic mass is 9.75. The number of nitrogens with zero attached hydrogens (tertiary/aromatic N) is 1. The zero-order valence-corrected chi connectivity index (χ0v) is 11.9. The van der Waals surface area contributed by atoms with Crippen molar-refractivity contribution in [1.82, 2.24) is 4.57 Å². The van der Waals surface area contributed by atoms with Crippen LogP contribution in [0.15, 0.2) is 36.4 Å². The molecular formula is C17H21NO. The molecule has 2 aromatic rings. The van der Waals surface area contributed by atoms with Crippen LogP contribution >= 0.6 is 0 Å². The molecule has 0 amide bonds. The van der Waals surface area contributed by atoms with Gasteiger partial charge in [-0.2, -0.15) is 0 Å². The molecule has 0 aliphatic heterocycles. The maximum atomic E-state index is 10.4. The molecular weight excluding hydrogens is 234 g/mol. The Kier molecular flexibility index (Phi) is 2.79. The van der Waals surface area contributed by atoms with Crippen LogP contribution in [0.4, 0.5) is 0 Å². The van der Waals surface area contributed by atoms with Gasteiger partial charge in [-0.1, -0.05) is 32.0 Å². The van der Waals surface area contributed by atoms with Crippen LogP contribution in [-0.4, -0.2) is 9.67 Å². The first kappa shape index (κ1) is 12.5. The topological polar surface area (TPSA) is 25.2 Å². The molecule has 0 fully saturated rings. The van der Waals surface area contributed by atoms with E-state index in [-0.39, 0.29) is 11.5 Å². The van der Waals surface area contributed by atoms with Crippen molar-refractivity contribution in [2.45, 2.75) is 39.7 Å². The number of fused-ring (bicyclic) bond motifs is 1. The lowest BCUT2D eigenvalue weighted by molar-refractivity contribution is 0.0987. The van der Waals surface area contributed by atoms with Gasteiger partial charge in [0.1, 0.15) is 0 Å². The Bertz CT molecular complexity index is 595. The molecule has 0 saturated heterocycles. The molecule has 0 radical (unpaired) electrons. The van der Waals surface area contributed by atoms with E-state index >= 15 is 0 Å². The molecule has 1 unspecified atom stereocenters. The van der Waals surface area contributed by atoms with Crippen LogP contribution in [0.2, 0.25) is 0 Å². The van der Waals surface area contributed by atoms with Crippen molar-refractivity contribution >= 4 is 0 Å². The molecule has 1 aromatic carbocycles. The molecule has 19 heavy (non-hydrogen) atoms. The van der Waals surface area contributed by atoms with Crippen molar-refractivity contribution in [1.29, 1.82) is 0 Å². The van der Waals surface area contributed by atoms with Crippen molar-refractivity contribution in [2.75, 3.05) is 0 Å². The van der Waals surface area contributed by atoms with Crippen molar-refractivity contribution in [3.63, 3.8) is 0 Å². The summed E-state index contributed by atoms with van der Waals surface area (Å²) in [6, 6.07) is 12.6. The lowest BCUT2D eigenvalue weighted by Crippen LogP contribution is -2.26. The number of aryl methyl sites for hydroxylation is 1. The standard InChI is InChI=1S/C17H21NO/c1-12-9-14-15(10-17(2,3)11-16(14)19)18(12)13-7-5-4-6-8-13/h4-9,16,19H,10-11H2,1-3H3. The number of hydrogen-bond acceptors (Lipinski definition) is 1. The molecule has 1 N–H and O–H groups in total. The average Bonchev–Trinajstić information content (AvgIpc) is 2.65. The van der Waals surface area contributed by atoms with E-state index in [4.69, 9.17) is 0 Å². The second kappa shape index (κ2) is 4.24. The normalized spacial score (nSPS) is 21.2. The van der Waals surface area contributed by atoms with Gasteiger partial charge >= 0.3 is 0 Å². The first-order valence-corrected chi connectivity index (χ1v) is 6.92. The minimum absolute atomic E-state index is 0.156. The van der Waals surface area contributed by atoms with Crippen LogP contribution in [0.3, 0.4) is 0 Å². The van der Waals surface area contributed by atoms with E-state index in [0.29, 0.717) is 0 Å². The summed E-state index contributed by atoms with van der Waals surface area (Å²) in [6.45, 7) is 6.58. The molecule has 0 spiro atoms. The Balaban J connectivity index is 2.18. The summed E-state index contributed by atoms with van der Waals surface area (Å²) in [5, 5.41) is 10.4. The maximum Gasteiger partial charge on any atom is 0.0812 e. The predicted molar refractivity (Wildman–Crippen MR) is 77.6 cm³/mol. The molecule has 1 atom stereocenters. The molecule has 1 aliphatic carbocycles. The number of aromatic nitrogens is 1. The third kappa shape index (κ3) is 2.10. The van der Waals surface area contributed by atoms with E-state index in [2.05, 4.69) is 55.7 Å². The lowest BCUT2D eigenvalue weighted by Gasteiger charge is -2.34. The van der Waals surface area contributed by atoms with Gasteiger partial charge in [0.15, 0.2) is 0 Å². The van der Waals surface area contributed by atoms with Gasteiger partial charge in [0, 0.05) is 22.6 Å². The summed E-state index contributed by atoms with van der Waals surface area (Å²) in [5.41, 5.74) is 4.93. The number of hydrogen-bond donors (Lipinski definition) is 1. The Labute approximate surface area is 114 Å². The summed E-state index contributed by atoms with van der Waals surface area (Å²) >= 11 is 0. The van der Waals surface area contributed by atoms with Gasteiger partial charge in [-0.05, 0) is 43.4 Å². The monoisotopic (exact) mass is 255 g/mol. The third-order valence-corrected chi connectivity index (χ3v) is 4.09. The van der Waals surface area contributed by atoms with Gasteiger partial charge in [0.05, 0.1) is 6.10 Å². The van der Waals surface area contributed by atoms with Crippen molar-refractivity contribution in [3.8, 4) is 5.69 Å². The molecule has 0 bridgehead atoms. The fourth-order valence-corrected chi connectivity index (χ4v) is 3.28. The smallest absolute Gasteiger partial charge is 0.0812 e. The van der Waals surface area contributed by atoms with Gasteiger partial charge in [-0.3, -0.25) is 0 Å². The van der Waals surface area contributed by atoms with Crippen LogP contribution in [-0.2, 0) is 6.42 Å². The predicted octanol–water partition coefficient (Wildman–Crippen LogP) is 3.79. The largest absolute Gasteiger partial charge is 0.388 e. The van der Waals surface area contributed by atoms with E-state index in [9.17, 15) is 5.11 Å². The summed E-state index contributed by atoms with van der Waals surface area (Å²) in [7, 11) is 0. The molecule has 1 aliphatic rings. The number of aliphatic hydroxyl groups is 1. The molecule has 2 nitrogen and oxygen atoms in total. The van der Waals surface area contributed by atoms with Crippen molar-refractivity contribution in [3.05, 3.63) is 53.3 Å². The molecule has 1 heterocycles. The highest BCUT2D eigenvalue weighted by Crippen LogP contribution is 2.42. The van der Waals surface area contributed by atoms with Gasteiger partial charge in [-0.25, -0.2) is 0 Å². The minimum Gasteiger partial charge on any atom is -0.388 e. The molecule has 1 aromatic heterocycles. The summed E-state index contributed by atoms with van der Waals surface area (Å²) in [6.07, 6.45) is 1.53. The van der Waals surface area contributed by atoms with E-state index in [1.807, 2.05) is 6.07 Å². The van der Waals surface area contributed by atoms with E-state index < -0.39 is 0 Å². The number of rotatable bonds is 1. The SMILES string of the molecule is Cc1cc2c(n1-c1ccccc1)CC(C)(C)CC2O. The fourth-order valence-electron chi connectivity index (χ4n) is 3.28. The first-order valence-electron chi connectivity index (χ1n) is 6.92. The molecule has 2 heteroatoms. The number of aliphatic hydroxyl groups excluding tert-OH is 1. The summed E-state index contributed by atoms with van der Waals surface area (Å²) in [4.78, 5) is 0. The quantitative estimate of drug-likeness (QED) is 0.824. The highest BCUT2D eigenvalue weighted by atomic mass is 16.3. The highest BCUT2D eigenvalue weighted by Gasteiger charge is 2.34. The summed E-state index contributed by atoms with van der Waals surface area (Å²) < 4.78 is 2.29. The Morgan fingerprint density at radius 2 is 1.89 bits per heavy atom. The fraction of sp³-hybridized carbons (Fsp3) is 0.412. The zero-order valence-electron chi connectivity index (χ0n) is 11.9. The number of para-hydroxylation sites is 1. The van der Waals surface area contributed by atoms with Crippen LogP contribution < -0.4 is 0 Å². The van der Waals surface area contributed by atoms with E-state index in [0.717, 1.165) is 18.4 Å². The van der Waals surface area contributed by atoms with Gasteiger partial charge in [-0.15, -0.1) is 0 Å². The third-order valence-electron chi connectivity index (χ3n) is 4.09. The van der Waals surface area contributed by atoms with Crippen LogP contribution in [0.1, 0.15) is 43.3 Å². The zero-order chi connectivity index (χ0) is 13.6. The maximum absolute atomic E-state index is 10.4. The Hall–Kier alpha value is -1.54. The molecule has 100 valence electrons. The van der Waals surface area contributed by atoms with Crippen LogP contribution in [0.5, 0.6) is 0 Å². The van der Waals surface area contributed by atoms with Gasteiger partial charge in [0.25, 0.3) is 0 Å². The highest BCUT2D eigenvalue weighted by molar-refractivity contribution is 5.43. The van der Waals surface area contributed by atoms with Crippen molar-refractivity contribution < 1.29 is 5.11 Å².